The largest absolute Gasteiger partial charge is 0.455 e. The Labute approximate surface area is 420 Å². The average molecular weight is 993 g/mol. The maximum atomic E-state index is 15.3. The third-order valence-electron chi connectivity index (χ3n) is 14.9. The topological polar surface area (TPSA) is 222 Å². The van der Waals surface area contributed by atoms with Crippen molar-refractivity contribution < 1.29 is 67.4 Å². The molecule has 16 heteroatoms. The Morgan fingerprint density at radius 3 is 2.14 bits per heavy atom. The van der Waals surface area contributed by atoms with Gasteiger partial charge in [-0.05, 0) is 88.8 Å². The van der Waals surface area contributed by atoms with Crippen molar-refractivity contribution in [1.29, 1.82) is 0 Å². The van der Waals surface area contributed by atoms with Gasteiger partial charge < -0.3 is 49.3 Å². The summed E-state index contributed by atoms with van der Waals surface area (Å²) in [7, 11) is 0. The number of aliphatic hydroxyl groups excluding tert-OH is 1. The molecule has 0 radical (unpaired) electrons. The summed E-state index contributed by atoms with van der Waals surface area (Å²) < 4.78 is 35.9. The van der Waals surface area contributed by atoms with Crippen LogP contribution < -0.4 is 10.6 Å². The molecule has 3 fully saturated rings. The quantitative estimate of drug-likeness (QED) is 0.0466. The van der Waals surface area contributed by atoms with E-state index in [-0.39, 0.29) is 55.7 Å². The Morgan fingerprint density at radius 2 is 1.51 bits per heavy atom. The van der Waals surface area contributed by atoms with Gasteiger partial charge in [0, 0.05) is 49.1 Å². The summed E-state index contributed by atoms with van der Waals surface area (Å²) in [6, 6.07) is 24.5. The number of amides is 2. The van der Waals surface area contributed by atoms with Crippen LogP contribution in [-0.2, 0) is 49.4 Å². The number of aliphatic hydroxyl groups is 2. The van der Waals surface area contributed by atoms with Crippen molar-refractivity contribution in [2.45, 2.75) is 141 Å². The number of rotatable bonds is 16. The monoisotopic (exact) mass is 992 g/mol. The van der Waals surface area contributed by atoms with Crippen LogP contribution in [-0.4, -0.2) is 100 Å². The highest BCUT2D eigenvalue weighted by Gasteiger charge is 2.69. The molecule has 2 unspecified atom stereocenters. The normalized spacial score (nSPS) is 27.9. The molecule has 2 amide bonds. The van der Waals surface area contributed by atoms with Crippen LogP contribution in [0.3, 0.4) is 0 Å². The summed E-state index contributed by atoms with van der Waals surface area (Å²) in [5.74, 6) is -5.51. The van der Waals surface area contributed by atoms with Crippen LogP contribution in [0.15, 0.2) is 114 Å². The van der Waals surface area contributed by atoms with Gasteiger partial charge in [-0.15, -0.1) is 0 Å². The van der Waals surface area contributed by atoms with E-state index in [4.69, 9.17) is 28.4 Å². The number of hydrogen-bond acceptors (Lipinski definition) is 14. The average Bonchev–Trinajstić information content (AvgIpc) is 3.34. The molecule has 11 atom stereocenters. The molecule has 3 aromatic rings. The van der Waals surface area contributed by atoms with Gasteiger partial charge in [0.15, 0.2) is 5.78 Å². The lowest BCUT2D eigenvalue weighted by molar-refractivity contribution is -0.265. The van der Waals surface area contributed by atoms with Gasteiger partial charge in [0.1, 0.15) is 36.1 Å². The number of nitrogens with one attached hydrogen (secondary N) is 2. The Bertz CT molecular complexity index is 2530. The molecule has 0 spiro atoms. The van der Waals surface area contributed by atoms with E-state index in [0.717, 1.165) is 5.56 Å². The molecular formula is C56H68N2O14. The molecule has 2 bridgehead atoms. The van der Waals surface area contributed by atoms with Gasteiger partial charge in [-0.2, -0.15) is 0 Å². The first kappa shape index (κ1) is 53.4. The Balaban J connectivity index is 1.19. The van der Waals surface area contributed by atoms with E-state index in [1.54, 1.807) is 102 Å². The zero-order chi connectivity index (χ0) is 52.2. The van der Waals surface area contributed by atoms with Crippen LogP contribution in [0.4, 0.5) is 9.59 Å². The first-order valence-electron chi connectivity index (χ1n) is 24.7. The number of hydrogen-bond donors (Lipinski definition) is 4. The molecule has 0 aromatic heterocycles. The third kappa shape index (κ3) is 11.2. The Hall–Kier alpha value is -6.36. The van der Waals surface area contributed by atoms with Gasteiger partial charge in [-0.1, -0.05) is 98.8 Å². The van der Waals surface area contributed by atoms with Crippen LogP contribution in [0.1, 0.15) is 115 Å². The lowest BCUT2D eigenvalue weighted by Gasteiger charge is -2.62. The molecule has 7 rings (SSSR count). The summed E-state index contributed by atoms with van der Waals surface area (Å²) in [5, 5.41) is 30.8. The number of carbonyl (C=O) groups excluding carboxylic acids is 6. The Kier molecular flexibility index (Phi) is 16.2. The number of alkyl carbamates (subject to hydrolysis) is 2. The fourth-order valence-corrected chi connectivity index (χ4v) is 10.9. The number of esters is 3. The summed E-state index contributed by atoms with van der Waals surface area (Å²) in [4.78, 5) is 84.5. The fourth-order valence-electron chi connectivity index (χ4n) is 10.9. The predicted octanol–water partition coefficient (Wildman–Crippen LogP) is 7.81. The van der Waals surface area contributed by atoms with Gasteiger partial charge >= 0.3 is 30.1 Å². The van der Waals surface area contributed by atoms with Gasteiger partial charge in [0.2, 0.25) is 5.60 Å². The first-order chi connectivity index (χ1) is 34.1. The highest BCUT2D eigenvalue weighted by molar-refractivity contribution is 6.04. The molecule has 1 aliphatic heterocycles. The second-order valence-electron chi connectivity index (χ2n) is 20.9. The highest BCUT2D eigenvalue weighted by atomic mass is 16.6. The highest BCUT2D eigenvalue weighted by Crippen LogP contribution is 2.60. The number of ether oxygens (including phenoxy) is 6. The van der Waals surface area contributed by atoms with Gasteiger partial charge in [0.25, 0.3) is 0 Å². The minimum Gasteiger partial charge on any atom is -0.455 e. The molecule has 1 heterocycles. The number of Topliss-reactive ketones (excluding diaryl/α,β-unsaturated/α-hetero) is 1. The molecule has 3 aliphatic carbocycles. The van der Waals surface area contributed by atoms with Crippen LogP contribution in [0, 0.1) is 23.2 Å². The zero-order valence-electron chi connectivity index (χ0n) is 42.1. The van der Waals surface area contributed by atoms with E-state index in [2.05, 4.69) is 17.2 Å². The zero-order valence-corrected chi connectivity index (χ0v) is 42.1. The van der Waals surface area contributed by atoms with Crippen LogP contribution in [0.5, 0.6) is 0 Å². The molecule has 3 aromatic carbocycles. The lowest BCUT2D eigenvalue weighted by atomic mass is 9.48. The minimum absolute atomic E-state index is 0.000489. The summed E-state index contributed by atoms with van der Waals surface area (Å²) in [5.41, 5.74) is -4.92. The molecule has 2 saturated carbocycles. The predicted molar refractivity (Wildman–Crippen MR) is 263 cm³/mol. The van der Waals surface area contributed by atoms with Crippen molar-refractivity contribution in [3.8, 4) is 0 Å². The van der Waals surface area contributed by atoms with E-state index >= 15 is 9.59 Å². The SMILES string of the molecule is C=C1C(=O)[C@@]2(C)C(C(OC(=O)c3ccccc3)[C@]3(O)C[C@H](OC(=O)[C@](C)(OC(=O)CCCCCNC(=O)OCc4ccccc4)[C@@H](NC(=O)OC(C)(C)C)c4ccccc4)C(C)=C1[C@H]3C)[C@@H]1CO[C@@H]1C[C@@H]2O. The maximum Gasteiger partial charge on any atom is 0.408 e. The second kappa shape index (κ2) is 21.8. The van der Waals surface area contributed by atoms with Crippen LogP contribution >= 0.6 is 0 Å². The van der Waals surface area contributed by atoms with E-state index < -0.39 is 106 Å². The van der Waals surface area contributed by atoms with Crippen LogP contribution in [0.25, 0.3) is 0 Å². The third-order valence-corrected chi connectivity index (χ3v) is 14.9. The molecule has 386 valence electrons. The maximum absolute atomic E-state index is 15.3. The van der Waals surface area contributed by atoms with Crippen molar-refractivity contribution in [2.24, 2.45) is 23.2 Å². The molecule has 4 aliphatic rings. The lowest BCUT2D eigenvalue weighted by Crippen LogP contribution is -2.71. The van der Waals surface area contributed by atoms with Gasteiger partial charge in [-0.25, -0.2) is 19.2 Å². The number of unbranched alkanes of at least 4 members (excludes halogenated alkanes) is 2. The number of benzene rings is 3. The Morgan fingerprint density at radius 1 is 0.875 bits per heavy atom. The number of fused-ring (bicyclic) bond motifs is 5. The van der Waals surface area contributed by atoms with Crippen molar-refractivity contribution in [3.05, 3.63) is 131 Å². The molecule has 16 nitrogen and oxygen atoms in total. The smallest absolute Gasteiger partial charge is 0.408 e. The van der Waals surface area contributed by atoms with Crippen LogP contribution in [0.2, 0.25) is 0 Å². The van der Waals surface area contributed by atoms with Crippen molar-refractivity contribution in [2.75, 3.05) is 13.2 Å². The van der Waals surface area contributed by atoms with Crippen molar-refractivity contribution >= 4 is 35.9 Å². The molecule has 72 heavy (non-hydrogen) atoms. The molecule has 1 saturated heterocycles. The van der Waals surface area contributed by atoms with Crippen molar-refractivity contribution in [1.82, 2.24) is 10.6 Å². The van der Waals surface area contributed by atoms with Crippen molar-refractivity contribution in [3.63, 3.8) is 0 Å². The van der Waals surface area contributed by atoms with E-state index in [0.29, 0.717) is 30.4 Å². The van der Waals surface area contributed by atoms with E-state index in [1.807, 2.05) is 30.3 Å². The molecular weight excluding hydrogens is 925 g/mol. The molecule has 4 N–H and O–H groups in total. The first-order valence-corrected chi connectivity index (χ1v) is 24.7. The van der Waals surface area contributed by atoms with Gasteiger partial charge in [0.05, 0.1) is 29.8 Å². The number of carbonyl (C=O) groups is 6. The number of ketones is 1. The summed E-state index contributed by atoms with van der Waals surface area (Å²) in [6.07, 6.45) is -5.13. The number of allylic oxidation sites excluding steroid dienone is 1. The summed E-state index contributed by atoms with van der Waals surface area (Å²) >= 11 is 0. The second-order valence-corrected chi connectivity index (χ2v) is 20.9. The van der Waals surface area contributed by atoms with E-state index in [9.17, 15) is 29.4 Å². The van der Waals surface area contributed by atoms with E-state index in [1.165, 1.54) is 6.92 Å². The fraction of sp³-hybridized carbons (Fsp3) is 0.500. The summed E-state index contributed by atoms with van der Waals surface area (Å²) in [6.45, 7) is 16.1. The van der Waals surface area contributed by atoms with Gasteiger partial charge in [-0.3, -0.25) is 9.59 Å². The standard InChI is InChI=1S/C56H68N2O14/c1-33-41(30-56(66)35(3)44(33)34(2)47(61)54(7)42(59)29-40-39(32-67-40)45(54)48(56)70-49(62)38-25-17-11-18-26-38)69-50(63)55(8,46(37-23-15-10-16-24-37)58-52(65)72-53(4,5)6)71-43(60)27-19-12-20-28-57-51(64)68-31-36-21-13-9-14-22-36/h9-11,13-18,21-26,35,39-42,45-46,48,59,66H,2,12,19-20,27-32H2,1,3-8H3,(H,57,64)(H,58,65)/t35-,39-,40-,41+,42+,45?,46+,48?,54-,55-,56+/m1/s1. The minimum atomic E-state index is -2.31.